The van der Waals surface area contributed by atoms with E-state index in [1.54, 1.807) is 0 Å². The summed E-state index contributed by atoms with van der Waals surface area (Å²) in [5, 5.41) is 0. The zero-order valence-corrected chi connectivity index (χ0v) is 11.1. The van der Waals surface area contributed by atoms with E-state index < -0.39 is 0 Å². The molecule has 0 N–H and O–H groups in total. The highest BCUT2D eigenvalue weighted by Gasteiger charge is 2.22. The molecule has 15 heavy (non-hydrogen) atoms. The molecular formula is C12H15BrN2. The summed E-state index contributed by atoms with van der Waals surface area (Å²) in [6.07, 6.45) is 0. The standard InChI is InChI=1S/C12H15BrN2/c1-8-6-5-7-9-10(13)14-11(15(8)9)12(2,3)4/h5-7H,1-4H3. The molecule has 3 heteroatoms. The molecule has 0 aliphatic heterocycles. The maximum atomic E-state index is 4.60. The molecule has 0 aromatic carbocycles. The highest BCUT2D eigenvalue weighted by atomic mass is 79.9. The van der Waals surface area contributed by atoms with Gasteiger partial charge in [-0.15, -0.1) is 0 Å². The lowest BCUT2D eigenvalue weighted by Crippen LogP contribution is -2.16. The summed E-state index contributed by atoms with van der Waals surface area (Å²) in [4.78, 5) is 4.60. The second kappa shape index (κ2) is 3.34. The molecule has 0 amide bonds. The molecule has 2 nitrogen and oxygen atoms in total. The summed E-state index contributed by atoms with van der Waals surface area (Å²) in [6, 6.07) is 6.25. The minimum Gasteiger partial charge on any atom is -0.299 e. The fourth-order valence-corrected chi connectivity index (χ4v) is 2.24. The van der Waals surface area contributed by atoms with Crippen molar-refractivity contribution in [1.82, 2.24) is 9.38 Å². The van der Waals surface area contributed by atoms with E-state index in [9.17, 15) is 0 Å². The van der Waals surface area contributed by atoms with Crippen LogP contribution in [0.25, 0.3) is 5.52 Å². The molecule has 0 atom stereocenters. The number of nitrogens with zero attached hydrogens (tertiary/aromatic N) is 2. The Kier molecular flexibility index (Phi) is 2.38. The van der Waals surface area contributed by atoms with Crippen molar-refractivity contribution in [2.75, 3.05) is 0 Å². The number of hydrogen-bond acceptors (Lipinski definition) is 1. The van der Waals surface area contributed by atoms with E-state index in [1.807, 2.05) is 0 Å². The summed E-state index contributed by atoms with van der Waals surface area (Å²) in [7, 11) is 0. The molecule has 2 aromatic rings. The smallest absolute Gasteiger partial charge is 0.132 e. The first-order valence-electron chi connectivity index (χ1n) is 5.05. The third kappa shape index (κ3) is 1.69. The highest BCUT2D eigenvalue weighted by molar-refractivity contribution is 9.10. The van der Waals surface area contributed by atoms with Crippen LogP contribution < -0.4 is 0 Å². The third-order valence-electron chi connectivity index (χ3n) is 2.48. The summed E-state index contributed by atoms with van der Waals surface area (Å²) < 4.78 is 3.14. The third-order valence-corrected chi connectivity index (χ3v) is 3.07. The highest BCUT2D eigenvalue weighted by Crippen LogP contribution is 2.28. The molecular weight excluding hydrogens is 252 g/mol. The number of imidazole rings is 1. The largest absolute Gasteiger partial charge is 0.299 e. The minimum atomic E-state index is 0.0566. The van der Waals surface area contributed by atoms with Gasteiger partial charge in [-0.2, -0.15) is 0 Å². The Bertz CT molecular complexity index is 506. The van der Waals surface area contributed by atoms with E-state index in [2.05, 4.69) is 71.2 Å². The SMILES string of the molecule is Cc1cccc2c(Br)nc(C(C)(C)C)n12. The van der Waals surface area contributed by atoms with Crippen LogP contribution >= 0.6 is 15.9 Å². The lowest BCUT2D eigenvalue weighted by atomic mass is 9.96. The Labute approximate surface area is 98.5 Å². The summed E-state index contributed by atoms with van der Waals surface area (Å²) in [6.45, 7) is 8.65. The fourth-order valence-electron chi connectivity index (χ4n) is 1.76. The van der Waals surface area contributed by atoms with Gasteiger partial charge in [-0.1, -0.05) is 26.8 Å². The van der Waals surface area contributed by atoms with Crippen molar-refractivity contribution in [3.63, 3.8) is 0 Å². The summed E-state index contributed by atoms with van der Waals surface area (Å²) in [5.41, 5.74) is 2.41. The topological polar surface area (TPSA) is 17.3 Å². The van der Waals surface area contributed by atoms with Crippen LogP contribution in [0.2, 0.25) is 0 Å². The number of aryl methyl sites for hydroxylation is 1. The van der Waals surface area contributed by atoms with E-state index in [1.165, 1.54) is 5.69 Å². The number of halogens is 1. The maximum absolute atomic E-state index is 4.60. The predicted octanol–water partition coefficient (Wildman–Crippen LogP) is 3.70. The van der Waals surface area contributed by atoms with Crippen molar-refractivity contribution in [3.05, 3.63) is 34.3 Å². The van der Waals surface area contributed by atoms with Crippen molar-refractivity contribution < 1.29 is 0 Å². The van der Waals surface area contributed by atoms with Crippen LogP contribution in [-0.2, 0) is 5.41 Å². The van der Waals surface area contributed by atoms with Gasteiger partial charge in [0.2, 0.25) is 0 Å². The molecule has 0 spiro atoms. The van der Waals surface area contributed by atoms with Crippen molar-refractivity contribution >= 4 is 21.4 Å². The minimum absolute atomic E-state index is 0.0566. The fraction of sp³-hybridized carbons (Fsp3) is 0.417. The molecule has 0 bridgehead atoms. The first-order valence-corrected chi connectivity index (χ1v) is 5.84. The lowest BCUT2D eigenvalue weighted by Gasteiger charge is -2.17. The maximum Gasteiger partial charge on any atom is 0.132 e. The zero-order chi connectivity index (χ0) is 11.2. The zero-order valence-electron chi connectivity index (χ0n) is 9.50. The molecule has 80 valence electrons. The lowest BCUT2D eigenvalue weighted by molar-refractivity contribution is 0.540. The monoisotopic (exact) mass is 266 g/mol. The van der Waals surface area contributed by atoms with Crippen LogP contribution in [0.15, 0.2) is 22.8 Å². The molecule has 0 aliphatic carbocycles. The Morgan fingerprint density at radius 1 is 1.27 bits per heavy atom. The molecule has 0 aliphatic rings. The second-order valence-corrected chi connectivity index (χ2v) is 5.62. The van der Waals surface area contributed by atoms with Gasteiger partial charge in [-0.3, -0.25) is 4.40 Å². The second-order valence-electron chi connectivity index (χ2n) is 4.86. The molecule has 0 unspecified atom stereocenters. The van der Waals surface area contributed by atoms with Crippen molar-refractivity contribution in [1.29, 1.82) is 0 Å². The van der Waals surface area contributed by atoms with Crippen LogP contribution in [0.5, 0.6) is 0 Å². The van der Waals surface area contributed by atoms with Gasteiger partial charge in [0.15, 0.2) is 0 Å². The number of pyridine rings is 1. The molecule has 0 fully saturated rings. The number of hydrogen-bond donors (Lipinski definition) is 0. The van der Waals surface area contributed by atoms with Gasteiger partial charge in [0.25, 0.3) is 0 Å². The quantitative estimate of drug-likeness (QED) is 0.711. The predicted molar refractivity (Wildman–Crippen MR) is 66.3 cm³/mol. The Hall–Kier alpha value is -0.830. The molecule has 0 saturated carbocycles. The molecule has 2 heterocycles. The molecule has 0 radical (unpaired) electrons. The van der Waals surface area contributed by atoms with Gasteiger partial charge in [-0.05, 0) is 35.0 Å². The van der Waals surface area contributed by atoms with E-state index in [0.29, 0.717) is 0 Å². The first-order chi connectivity index (χ1) is 6.91. The Morgan fingerprint density at radius 2 is 1.93 bits per heavy atom. The average Bonchev–Trinajstić information content (AvgIpc) is 2.45. The van der Waals surface area contributed by atoms with Crippen molar-refractivity contribution in [2.24, 2.45) is 0 Å². The molecule has 2 rings (SSSR count). The Balaban J connectivity index is 2.88. The van der Waals surface area contributed by atoms with Gasteiger partial charge in [0, 0.05) is 11.1 Å². The number of fused-ring (bicyclic) bond motifs is 1. The van der Waals surface area contributed by atoms with Crippen molar-refractivity contribution in [3.8, 4) is 0 Å². The first kappa shape index (κ1) is 10.7. The molecule has 0 saturated heterocycles. The number of rotatable bonds is 0. The average molecular weight is 267 g/mol. The Morgan fingerprint density at radius 3 is 2.53 bits per heavy atom. The van der Waals surface area contributed by atoms with Crippen LogP contribution in [0.3, 0.4) is 0 Å². The van der Waals surface area contributed by atoms with Gasteiger partial charge in [0.05, 0.1) is 5.52 Å². The van der Waals surface area contributed by atoms with Crippen LogP contribution in [0.1, 0.15) is 32.3 Å². The van der Waals surface area contributed by atoms with E-state index in [0.717, 1.165) is 15.9 Å². The van der Waals surface area contributed by atoms with Gasteiger partial charge in [0.1, 0.15) is 10.4 Å². The molecule has 2 aromatic heterocycles. The normalized spacial score (nSPS) is 12.3. The number of aromatic nitrogens is 2. The van der Waals surface area contributed by atoms with Crippen LogP contribution in [0.4, 0.5) is 0 Å². The van der Waals surface area contributed by atoms with E-state index in [-0.39, 0.29) is 5.41 Å². The van der Waals surface area contributed by atoms with Gasteiger partial charge < -0.3 is 0 Å². The van der Waals surface area contributed by atoms with Gasteiger partial charge in [-0.25, -0.2) is 4.98 Å². The van der Waals surface area contributed by atoms with E-state index >= 15 is 0 Å². The van der Waals surface area contributed by atoms with Crippen LogP contribution in [-0.4, -0.2) is 9.38 Å². The van der Waals surface area contributed by atoms with E-state index in [4.69, 9.17) is 0 Å². The summed E-state index contributed by atoms with van der Waals surface area (Å²) >= 11 is 3.51. The van der Waals surface area contributed by atoms with Gasteiger partial charge >= 0.3 is 0 Å². The summed E-state index contributed by atoms with van der Waals surface area (Å²) in [5.74, 6) is 1.10. The van der Waals surface area contributed by atoms with Crippen LogP contribution in [0, 0.1) is 6.92 Å². The van der Waals surface area contributed by atoms with Crippen molar-refractivity contribution in [2.45, 2.75) is 33.1 Å².